The number of carbonyl (C=O) groups is 1. The first-order chi connectivity index (χ1) is 10.5. The molecule has 0 radical (unpaired) electrons. The molecule has 1 heterocycles. The van der Waals surface area contributed by atoms with Crippen molar-refractivity contribution in [2.75, 3.05) is 14.1 Å². The molecule has 1 aromatic heterocycles. The van der Waals surface area contributed by atoms with E-state index in [4.69, 9.17) is 0 Å². The molecule has 0 saturated heterocycles. The van der Waals surface area contributed by atoms with Gasteiger partial charge in [-0.05, 0) is 35.7 Å². The fourth-order valence-corrected chi connectivity index (χ4v) is 2.60. The van der Waals surface area contributed by atoms with Crippen LogP contribution >= 0.6 is 0 Å². The maximum atomic E-state index is 12.2. The van der Waals surface area contributed by atoms with Gasteiger partial charge in [0.2, 0.25) is 0 Å². The summed E-state index contributed by atoms with van der Waals surface area (Å²) in [5.41, 5.74) is 3.13. The van der Waals surface area contributed by atoms with E-state index in [2.05, 4.69) is 18.1 Å². The van der Waals surface area contributed by atoms with Crippen molar-refractivity contribution < 1.29 is 4.79 Å². The van der Waals surface area contributed by atoms with Gasteiger partial charge in [0.1, 0.15) is 0 Å². The van der Waals surface area contributed by atoms with Crippen LogP contribution in [0.5, 0.6) is 0 Å². The van der Waals surface area contributed by atoms with Crippen LogP contribution in [0, 0.1) is 11.3 Å². The number of benzene rings is 1. The van der Waals surface area contributed by atoms with Gasteiger partial charge in [0.05, 0.1) is 17.8 Å². The number of aryl methyl sites for hydroxylation is 1. The number of hydrogen-bond acceptors (Lipinski definition) is 3. The van der Waals surface area contributed by atoms with E-state index in [9.17, 15) is 10.1 Å². The van der Waals surface area contributed by atoms with Crippen LogP contribution in [-0.4, -0.2) is 34.7 Å². The molecule has 0 spiro atoms. The Morgan fingerprint density at radius 3 is 2.68 bits per heavy atom. The number of hydrogen-bond donors (Lipinski definition) is 0. The van der Waals surface area contributed by atoms with Crippen molar-refractivity contribution in [2.45, 2.75) is 19.3 Å². The van der Waals surface area contributed by atoms with Gasteiger partial charge in [-0.2, -0.15) is 10.4 Å². The molecule has 0 fully saturated rings. The van der Waals surface area contributed by atoms with Crippen molar-refractivity contribution in [1.29, 1.82) is 5.26 Å². The van der Waals surface area contributed by atoms with Crippen molar-refractivity contribution in [2.24, 2.45) is 7.05 Å². The Kier molecular flexibility index (Phi) is 4.62. The molecule has 0 bridgehead atoms. The van der Waals surface area contributed by atoms with E-state index in [1.165, 1.54) is 4.90 Å². The molecule has 0 unspecified atom stereocenters. The third kappa shape index (κ3) is 3.01. The standard InChI is InChI=1S/C17H20N4O/c1-5-15(14-10-19-21(4)11-14)16-8-12(17(22)20(2)3)6-7-13(16)9-18/h6-8,10-11,15H,5H2,1-4H3/t15-/m1/s1. The van der Waals surface area contributed by atoms with E-state index in [-0.39, 0.29) is 11.8 Å². The summed E-state index contributed by atoms with van der Waals surface area (Å²) in [5.74, 6) is -0.00922. The molecule has 114 valence electrons. The molecule has 0 aliphatic heterocycles. The number of carbonyl (C=O) groups excluding carboxylic acids is 1. The Hall–Kier alpha value is -2.61. The highest BCUT2D eigenvalue weighted by Gasteiger charge is 2.20. The smallest absolute Gasteiger partial charge is 0.253 e. The van der Waals surface area contributed by atoms with Gasteiger partial charge in [-0.25, -0.2) is 0 Å². The molecule has 0 aliphatic rings. The lowest BCUT2D eigenvalue weighted by Crippen LogP contribution is -2.22. The Balaban J connectivity index is 2.53. The van der Waals surface area contributed by atoms with Gasteiger partial charge in [-0.15, -0.1) is 0 Å². The molecule has 0 N–H and O–H groups in total. The van der Waals surface area contributed by atoms with Crippen LogP contribution in [0.15, 0.2) is 30.6 Å². The SMILES string of the molecule is CC[C@H](c1cnn(C)c1)c1cc(C(=O)N(C)C)ccc1C#N. The zero-order chi connectivity index (χ0) is 16.3. The number of nitrogens with zero attached hydrogens (tertiary/aromatic N) is 4. The molecule has 2 rings (SSSR count). The van der Waals surface area contributed by atoms with Crippen LogP contribution in [0.3, 0.4) is 0 Å². The summed E-state index contributed by atoms with van der Waals surface area (Å²) in [7, 11) is 5.31. The average molecular weight is 296 g/mol. The quantitative estimate of drug-likeness (QED) is 0.871. The first kappa shape index (κ1) is 15.8. The zero-order valence-electron chi connectivity index (χ0n) is 13.4. The zero-order valence-corrected chi connectivity index (χ0v) is 13.4. The van der Waals surface area contributed by atoms with E-state index in [0.717, 1.165) is 17.5 Å². The van der Waals surface area contributed by atoms with Crippen LogP contribution in [0.4, 0.5) is 0 Å². The molecule has 0 saturated carbocycles. The summed E-state index contributed by atoms with van der Waals surface area (Å²) >= 11 is 0. The van der Waals surface area contributed by atoms with Gasteiger partial charge in [-0.3, -0.25) is 9.48 Å². The highest BCUT2D eigenvalue weighted by atomic mass is 16.2. The van der Waals surface area contributed by atoms with Crippen molar-refractivity contribution in [3.05, 3.63) is 52.8 Å². The summed E-state index contributed by atoms with van der Waals surface area (Å²) in [5, 5.41) is 13.6. The summed E-state index contributed by atoms with van der Waals surface area (Å²) in [6.45, 7) is 2.07. The number of rotatable bonds is 4. The lowest BCUT2D eigenvalue weighted by atomic mass is 9.87. The van der Waals surface area contributed by atoms with Crippen LogP contribution in [0.1, 0.15) is 46.3 Å². The van der Waals surface area contributed by atoms with Crippen LogP contribution < -0.4 is 0 Å². The second-order valence-electron chi connectivity index (χ2n) is 5.52. The van der Waals surface area contributed by atoms with E-state index >= 15 is 0 Å². The molecule has 2 aromatic rings. The molecular weight excluding hydrogens is 276 g/mol. The van der Waals surface area contributed by atoms with Gasteiger partial charge in [0.15, 0.2) is 0 Å². The van der Waals surface area contributed by atoms with E-state index in [1.807, 2.05) is 25.5 Å². The van der Waals surface area contributed by atoms with Crippen molar-refractivity contribution >= 4 is 5.91 Å². The molecular formula is C17H20N4O. The van der Waals surface area contributed by atoms with E-state index < -0.39 is 0 Å². The monoisotopic (exact) mass is 296 g/mol. The third-order valence-electron chi connectivity index (χ3n) is 3.74. The Morgan fingerprint density at radius 1 is 1.45 bits per heavy atom. The minimum Gasteiger partial charge on any atom is -0.345 e. The van der Waals surface area contributed by atoms with Crippen LogP contribution in [-0.2, 0) is 7.05 Å². The fraction of sp³-hybridized carbons (Fsp3) is 0.353. The maximum Gasteiger partial charge on any atom is 0.253 e. The highest BCUT2D eigenvalue weighted by Crippen LogP contribution is 2.30. The largest absolute Gasteiger partial charge is 0.345 e. The lowest BCUT2D eigenvalue weighted by molar-refractivity contribution is 0.0827. The van der Waals surface area contributed by atoms with Gasteiger partial charge in [0.25, 0.3) is 5.91 Å². The highest BCUT2D eigenvalue weighted by molar-refractivity contribution is 5.94. The number of nitriles is 1. The normalized spacial score (nSPS) is 11.8. The minimum atomic E-state index is -0.0632. The number of amides is 1. The summed E-state index contributed by atoms with van der Waals surface area (Å²) < 4.78 is 1.75. The fourth-order valence-electron chi connectivity index (χ4n) is 2.60. The molecule has 1 aromatic carbocycles. The average Bonchev–Trinajstić information content (AvgIpc) is 2.93. The van der Waals surface area contributed by atoms with Gasteiger partial charge in [0, 0.05) is 38.8 Å². The van der Waals surface area contributed by atoms with Crippen molar-refractivity contribution in [1.82, 2.24) is 14.7 Å². The summed E-state index contributed by atoms with van der Waals surface area (Å²) in [6.07, 6.45) is 4.60. The molecule has 5 nitrogen and oxygen atoms in total. The molecule has 22 heavy (non-hydrogen) atoms. The predicted molar refractivity (Wildman–Crippen MR) is 84.5 cm³/mol. The lowest BCUT2D eigenvalue weighted by Gasteiger charge is -2.17. The summed E-state index contributed by atoms with van der Waals surface area (Å²) in [6, 6.07) is 7.50. The first-order valence-electron chi connectivity index (χ1n) is 7.22. The molecule has 1 atom stereocenters. The van der Waals surface area contributed by atoms with Crippen LogP contribution in [0.25, 0.3) is 0 Å². The Labute approximate surface area is 130 Å². The Morgan fingerprint density at radius 2 is 2.18 bits per heavy atom. The van der Waals surface area contributed by atoms with Gasteiger partial charge >= 0.3 is 0 Å². The number of aromatic nitrogens is 2. The van der Waals surface area contributed by atoms with Crippen molar-refractivity contribution in [3.63, 3.8) is 0 Å². The first-order valence-corrected chi connectivity index (χ1v) is 7.22. The second kappa shape index (κ2) is 6.44. The predicted octanol–water partition coefficient (Wildman–Crippen LogP) is 2.54. The van der Waals surface area contributed by atoms with Crippen LogP contribution in [0.2, 0.25) is 0 Å². The van der Waals surface area contributed by atoms with E-state index in [0.29, 0.717) is 11.1 Å². The minimum absolute atomic E-state index is 0.0539. The third-order valence-corrected chi connectivity index (χ3v) is 3.74. The molecule has 5 heteroatoms. The Bertz CT molecular complexity index is 725. The second-order valence-corrected chi connectivity index (χ2v) is 5.52. The van der Waals surface area contributed by atoms with Crippen molar-refractivity contribution in [3.8, 4) is 6.07 Å². The van der Waals surface area contributed by atoms with Gasteiger partial charge in [-0.1, -0.05) is 6.92 Å². The molecule has 1 amide bonds. The van der Waals surface area contributed by atoms with Gasteiger partial charge < -0.3 is 4.90 Å². The topological polar surface area (TPSA) is 61.9 Å². The maximum absolute atomic E-state index is 12.2. The summed E-state index contributed by atoms with van der Waals surface area (Å²) in [4.78, 5) is 13.7. The van der Waals surface area contributed by atoms with E-state index in [1.54, 1.807) is 30.9 Å². The molecule has 0 aliphatic carbocycles.